The number of rotatable bonds is 2. The van der Waals surface area contributed by atoms with Gasteiger partial charge in [0.05, 0.1) is 0 Å². The number of halogens is 1. The van der Waals surface area contributed by atoms with Gasteiger partial charge in [-0.15, -0.1) is 23.7 Å². The predicted octanol–water partition coefficient (Wildman–Crippen LogP) is 2.23. The highest BCUT2D eigenvalue weighted by Crippen LogP contribution is 2.18. The number of thiophene rings is 1. The molecule has 0 fully saturated rings. The maximum absolute atomic E-state index is 5.47. The van der Waals surface area contributed by atoms with Crippen LogP contribution in [0, 0.1) is 0 Å². The molecule has 0 spiro atoms. The third-order valence-electron chi connectivity index (χ3n) is 1.38. The van der Waals surface area contributed by atoms with Gasteiger partial charge in [-0.05, 0) is 18.0 Å². The summed E-state index contributed by atoms with van der Waals surface area (Å²) in [6.07, 6.45) is 0. The van der Waals surface area contributed by atoms with Crippen LogP contribution in [0.4, 0.5) is 0 Å². The van der Waals surface area contributed by atoms with E-state index in [0.29, 0.717) is 5.92 Å². The van der Waals surface area contributed by atoms with Crippen molar-refractivity contribution in [2.75, 3.05) is 6.54 Å². The van der Waals surface area contributed by atoms with Crippen molar-refractivity contribution in [2.24, 2.45) is 5.73 Å². The molecule has 2 N–H and O–H groups in total. The lowest BCUT2D eigenvalue weighted by atomic mass is 10.1. The zero-order chi connectivity index (χ0) is 6.69. The number of nitrogens with two attached hydrogens (primary N) is 1. The van der Waals surface area contributed by atoms with Crippen LogP contribution in [0.3, 0.4) is 0 Å². The number of hydrogen-bond acceptors (Lipinski definition) is 2. The van der Waals surface area contributed by atoms with Gasteiger partial charge in [0.2, 0.25) is 0 Å². The Kier molecular flexibility index (Phi) is 4.69. The van der Waals surface area contributed by atoms with E-state index < -0.39 is 0 Å². The minimum absolute atomic E-state index is 0. The van der Waals surface area contributed by atoms with Gasteiger partial charge in [-0.3, -0.25) is 0 Å². The molecule has 0 aliphatic heterocycles. The fraction of sp³-hybridized carbons (Fsp3) is 0.429. The summed E-state index contributed by atoms with van der Waals surface area (Å²) >= 11 is 1.78. The first kappa shape index (κ1) is 9.95. The molecule has 0 radical (unpaired) electrons. The summed E-state index contributed by atoms with van der Waals surface area (Å²) in [5, 5.41) is 2.08. The van der Waals surface area contributed by atoms with Crippen LogP contribution in [0.25, 0.3) is 0 Å². The van der Waals surface area contributed by atoms with Crippen molar-refractivity contribution in [1.82, 2.24) is 0 Å². The molecular formula is C7H12ClNS. The summed E-state index contributed by atoms with van der Waals surface area (Å²) in [6.45, 7) is 2.90. The summed E-state index contributed by atoms with van der Waals surface area (Å²) in [5.74, 6) is 0.532. The van der Waals surface area contributed by atoms with Crippen molar-refractivity contribution < 1.29 is 0 Å². The highest BCUT2D eigenvalue weighted by atomic mass is 35.5. The van der Waals surface area contributed by atoms with Crippen molar-refractivity contribution in [2.45, 2.75) is 12.8 Å². The minimum Gasteiger partial charge on any atom is -0.330 e. The Morgan fingerprint density at radius 1 is 1.70 bits per heavy atom. The van der Waals surface area contributed by atoms with Gasteiger partial charge >= 0.3 is 0 Å². The molecule has 1 aromatic heterocycles. The first-order valence-electron chi connectivity index (χ1n) is 3.08. The molecule has 0 aliphatic rings. The first-order valence-corrected chi connectivity index (χ1v) is 3.96. The molecule has 0 amide bonds. The second-order valence-electron chi connectivity index (χ2n) is 2.15. The largest absolute Gasteiger partial charge is 0.330 e. The predicted molar refractivity (Wildman–Crippen MR) is 49.0 cm³/mol. The van der Waals surface area contributed by atoms with Crippen LogP contribution in [0.2, 0.25) is 0 Å². The van der Waals surface area contributed by atoms with Crippen LogP contribution >= 0.6 is 23.7 Å². The van der Waals surface area contributed by atoms with Crippen molar-refractivity contribution in [3.63, 3.8) is 0 Å². The van der Waals surface area contributed by atoms with E-state index in [0.717, 1.165) is 6.54 Å². The van der Waals surface area contributed by atoms with Gasteiger partial charge < -0.3 is 5.73 Å². The molecule has 0 aromatic carbocycles. The molecule has 1 unspecified atom stereocenters. The van der Waals surface area contributed by atoms with Crippen LogP contribution in [0.1, 0.15) is 17.7 Å². The van der Waals surface area contributed by atoms with Crippen LogP contribution in [-0.4, -0.2) is 6.54 Å². The molecule has 0 saturated carbocycles. The van der Waals surface area contributed by atoms with Gasteiger partial charge in [-0.2, -0.15) is 0 Å². The van der Waals surface area contributed by atoms with Gasteiger partial charge in [0.25, 0.3) is 0 Å². The average Bonchev–Trinajstić information content (AvgIpc) is 2.37. The van der Waals surface area contributed by atoms with Crippen LogP contribution in [0.5, 0.6) is 0 Å². The monoisotopic (exact) mass is 177 g/mol. The molecule has 58 valence electrons. The zero-order valence-electron chi connectivity index (χ0n) is 5.91. The molecule has 3 heteroatoms. The van der Waals surface area contributed by atoms with E-state index in [-0.39, 0.29) is 12.4 Å². The first-order chi connectivity index (χ1) is 4.34. The van der Waals surface area contributed by atoms with Gasteiger partial charge in [0, 0.05) is 10.8 Å². The van der Waals surface area contributed by atoms with Gasteiger partial charge in [-0.25, -0.2) is 0 Å². The van der Waals surface area contributed by atoms with Crippen molar-refractivity contribution in [3.8, 4) is 0 Å². The lowest BCUT2D eigenvalue weighted by molar-refractivity contribution is 0.790. The van der Waals surface area contributed by atoms with E-state index >= 15 is 0 Å². The Balaban J connectivity index is 0.000000810. The molecule has 1 aromatic rings. The summed E-state index contributed by atoms with van der Waals surface area (Å²) in [5.41, 5.74) is 5.47. The average molecular weight is 178 g/mol. The van der Waals surface area contributed by atoms with E-state index in [2.05, 4.69) is 24.4 Å². The van der Waals surface area contributed by atoms with E-state index in [1.165, 1.54) is 4.88 Å². The molecule has 10 heavy (non-hydrogen) atoms. The van der Waals surface area contributed by atoms with E-state index in [4.69, 9.17) is 5.73 Å². The Morgan fingerprint density at radius 2 is 2.40 bits per heavy atom. The van der Waals surface area contributed by atoms with Crippen LogP contribution in [-0.2, 0) is 0 Å². The Morgan fingerprint density at radius 3 is 2.80 bits per heavy atom. The van der Waals surface area contributed by atoms with Crippen LogP contribution in [0.15, 0.2) is 17.5 Å². The SMILES string of the molecule is CC(CN)c1cccs1.Cl. The van der Waals surface area contributed by atoms with E-state index in [1.807, 2.05) is 0 Å². The molecule has 1 atom stereocenters. The Hall–Kier alpha value is -0.0500. The molecule has 1 heterocycles. The summed E-state index contributed by atoms with van der Waals surface area (Å²) < 4.78 is 0. The van der Waals surface area contributed by atoms with Gasteiger partial charge in [0.1, 0.15) is 0 Å². The maximum Gasteiger partial charge on any atom is 0.00860 e. The molecular weight excluding hydrogens is 166 g/mol. The molecule has 1 nitrogen and oxygen atoms in total. The van der Waals surface area contributed by atoms with E-state index in [1.54, 1.807) is 11.3 Å². The molecule has 0 aliphatic carbocycles. The fourth-order valence-electron chi connectivity index (χ4n) is 0.688. The van der Waals surface area contributed by atoms with Crippen LogP contribution < -0.4 is 5.73 Å². The van der Waals surface area contributed by atoms with E-state index in [9.17, 15) is 0 Å². The third kappa shape index (κ3) is 2.29. The summed E-state index contributed by atoms with van der Waals surface area (Å²) in [6, 6.07) is 4.19. The normalized spacial score (nSPS) is 12.2. The second kappa shape index (κ2) is 4.72. The second-order valence-corrected chi connectivity index (χ2v) is 3.13. The van der Waals surface area contributed by atoms with Gasteiger partial charge in [0.15, 0.2) is 0 Å². The highest BCUT2D eigenvalue weighted by molar-refractivity contribution is 7.10. The highest BCUT2D eigenvalue weighted by Gasteiger charge is 2.01. The minimum atomic E-state index is 0. The summed E-state index contributed by atoms with van der Waals surface area (Å²) in [4.78, 5) is 1.39. The zero-order valence-corrected chi connectivity index (χ0v) is 7.54. The Bertz CT molecular complexity index is 162. The third-order valence-corrected chi connectivity index (χ3v) is 2.49. The lowest BCUT2D eigenvalue weighted by Gasteiger charge is -2.02. The van der Waals surface area contributed by atoms with Crippen molar-refractivity contribution in [3.05, 3.63) is 22.4 Å². The summed E-state index contributed by atoms with van der Waals surface area (Å²) in [7, 11) is 0. The van der Waals surface area contributed by atoms with Crippen molar-refractivity contribution in [1.29, 1.82) is 0 Å². The molecule has 0 saturated heterocycles. The molecule has 1 rings (SSSR count). The maximum atomic E-state index is 5.47. The smallest absolute Gasteiger partial charge is 0.00860 e. The van der Waals surface area contributed by atoms with Gasteiger partial charge in [-0.1, -0.05) is 13.0 Å². The lowest BCUT2D eigenvalue weighted by Crippen LogP contribution is -2.06. The van der Waals surface area contributed by atoms with Crippen molar-refractivity contribution >= 4 is 23.7 Å². The molecule has 0 bridgehead atoms. The fourth-order valence-corrected chi connectivity index (χ4v) is 1.49. The number of hydrogen-bond donors (Lipinski definition) is 1. The Labute approximate surface area is 71.7 Å². The quantitative estimate of drug-likeness (QED) is 0.737. The topological polar surface area (TPSA) is 26.0 Å². The standard InChI is InChI=1S/C7H11NS.ClH/c1-6(5-8)7-3-2-4-9-7;/h2-4,6H,5,8H2,1H3;1H.